The average molecular weight is 281 g/mol. The van der Waals surface area contributed by atoms with E-state index in [1.807, 2.05) is 0 Å². The van der Waals surface area contributed by atoms with Crippen molar-refractivity contribution in [2.75, 3.05) is 6.54 Å². The minimum atomic E-state index is -4.04. The molecule has 1 aliphatic carbocycles. The summed E-state index contributed by atoms with van der Waals surface area (Å²) in [5.41, 5.74) is 0.0645. The smallest absolute Gasteiger partial charge is 0.391 e. The summed E-state index contributed by atoms with van der Waals surface area (Å²) in [7, 11) is 0. The van der Waals surface area contributed by atoms with Crippen molar-refractivity contribution in [2.45, 2.75) is 71.2 Å². The van der Waals surface area contributed by atoms with Gasteiger partial charge in [-0.1, -0.05) is 20.8 Å². The zero-order chi connectivity index (χ0) is 14.7. The molecule has 0 amide bonds. The number of nitrogens with one attached hydrogen (secondary N) is 1. The molecule has 1 aliphatic rings. The van der Waals surface area contributed by atoms with Gasteiger partial charge >= 0.3 is 6.18 Å². The highest BCUT2D eigenvalue weighted by atomic mass is 19.4. The van der Waals surface area contributed by atoms with E-state index >= 15 is 0 Å². The van der Waals surface area contributed by atoms with Crippen molar-refractivity contribution in [1.82, 2.24) is 5.32 Å². The van der Waals surface area contributed by atoms with E-state index in [1.54, 1.807) is 0 Å². The molecule has 0 aliphatic heterocycles. The lowest BCUT2D eigenvalue weighted by Gasteiger charge is -2.31. The molecule has 114 valence electrons. The highest BCUT2D eigenvalue weighted by Crippen LogP contribution is 2.37. The number of hydrogen-bond donors (Lipinski definition) is 2. The topological polar surface area (TPSA) is 32.3 Å². The quantitative estimate of drug-likeness (QED) is 0.826. The summed E-state index contributed by atoms with van der Waals surface area (Å²) < 4.78 is 37.5. The fourth-order valence-electron chi connectivity index (χ4n) is 2.71. The molecule has 1 atom stereocenters. The van der Waals surface area contributed by atoms with Crippen molar-refractivity contribution in [3.8, 4) is 0 Å². The Bertz CT molecular complexity index is 265. The Morgan fingerprint density at radius 1 is 1.11 bits per heavy atom. The van der Waals surface area contributed by atoms with E-state index in [4.69, 9.17) is 0 Å². The third-order valence-electron chi connectivity index (χ3n) is 3.68. The van der Waals surface area contributed by atoms with Gasteiger partial charge in [0.05, 0.1) is 12.0 Å². The van der Waals surface area contributed by atoms with Crippen LogP contribution in [-0.2, 0) is 0 Å². The summed E-state index contributed by atoms with van der Waals surface area (Å²) >= 11 is 0. The van der Waals surface area contributed by atoms with Gasteiger partial charge in [0.15, 0.2) is 0 Å². The largest absolute Gasteiger partial charge is 0.392 e. The van der Waals surface area contributed by atoms with Crippen LogP contribution >= 0.6 is 0 Å². The van der Waals surface area contributed by atoms with Crippen LogP contribution in [-0.4, -0.2) is 30.0 Å². The first kappa shape index (κ1) is 16.8. The lowest BCUT2D eigenvalue weighted by molar-refractivity contribution is -0.182. The van der Waals surface area contributed by atoms with Crippen LogP contribution < -0.4 is 5.32 Å². The van der Waals surface area contributed by atoms with E-state index < -0.39 is 18.2 Å². The summed E-state index contributed by atoms with van der Waals surface area (Å²) in [6, 6.07) is 0.119. The molecular formula is C14H26F3NO. The summed E-state index contributed by atoms with van der Waals surface area (Å²) in [4.78, 5) is 0. The van der Waals surface area contributed by atoms with Crippen molar-refractivity contribution in [2.24, 2.45) is 11.3 Å². The van der Waals surface area contributed by atoms with E-state index in [1.165, 1.54) is 0 Å². The second-order valence-corrected chi connectivity index (χ2v) is 6.92. The van der Waals surface area contributed by atoms with Crippen LogP contribution in [0, 0.1) is 11.3 Å². The van der Waals surface area contributed by atoms with Crippen molar-refractivity contribution in [3.05, 3.63) is 0 Å². The highest BCUT2D eigenvalue weighted by Gasteiger charge is 2.41. The average Bonchev–Trinajstić information content (AvgIpc) is 2.23. The van der Waals surface area contributed by atoms with Crippen LogP contribution in [0.15, 0.2) is 0 Å². The molecule has 0 aromatic carbocycles. The molecule has 1 rings (SSSR count). The lowest BCUT2D eigenvalue weighted by Crippen LogP contribution is -2.40. The molecule has 1 saturated carbocycles. The van der Waals surface area contributed by atoms with E-state index in [0.29, 0.717) is 25.8 Å². The van der Waals surface area contributed by atoms with E-state index in [9.17, 15) is 18.3 Å². The Balaban J connectivity index is 2.23. The molecule has 2 nitrogen and oxygen atoms in total. The molecular weight excluding hydrogens is 255 g/mol. The fraction of sp³-hybridized carbons (Fsp3) is 1.00. The van der Waals surface area contributed by atoms with Gasteiger partial charge in [-0.05, 0) is 37.5 Å². The fourth-order valence-corrected chi connectivity index (χ4v) is 2.71. The maximum atomic E-state index is 12.5. The minimum absolute atomic E-state index is 0.0645. The van der Waals surface area contributed by atoms with E-state index in [2.05, 4.69) is 26.1 Å². The Hall–Kier alpha value is -0.290. The molecule has 1 unspecified atom stereocenters. The molecule has 0 aromatic rings. The number of rotatable bonds is 4. The van der Waals surface area contributed by atoms with Crippen LogP contribution in [0.2, 0.25) is 0 Å². The van der Waals surface area contributed by atoms with Gasteiger partial charge in [-0.15, -0.1) is 0 Å². The van der Waals surface area contributed by atoms with Crippen molar-refractivity contribution in [1.29, 1.82) is 0 Å². The molecule has 0 spiro atoms. The predicted octanol–water partition coefficient (Wildman–Crippen LogP) is 3.49. The summed E-state index contributed by atoms with van der Waals surface area (Å²) in [6.07, 6.45) is -2.28. The maximum absolute atomic E-state index is 12.5. The van der Waals surface area contributed by atoms with Gasteiger partial charge in [-0.3, -0.25) is 0 Å². The highest BCUT2D eigenvalue weighted by molar-refractivity contribution is 4.81. The van der Waals surface area contributed by atoms with Gasteiger partial charge in [0.1, 0.15) is 0 Å². The van der Waals surface area contributed by atoms with Crippen molar-refractivity contribution < 1.29 is 18.3 Å². The third kappa shape index (κ3) is 6.61. The second-order valence-electron chi connectivity index (χ2n) is 6.92. The third-order valence-corrected chi connectivity index (χ3v) is 3.68. The van der Waals surface area contributed by atoms with Crippen LogP contribution in [0.4, 0.5) is 13.2 Å². The van der Waals surface area contributed by atoms with Gasteiger partial charge in [0, 0.05) is 12.6 Å². The van der Waals surface area contributed by atoms with Crippen LogP contribution in [0.5, 0.6) is 0 Å². The Morgan fingerprint density at radius 3 is 2.05 bits per heavy atom. The lowest BCUT2D eigenvalue weighted by atomic mass is 9.85. The zero-order valence-corrected chi connectivity index (χ0v) is 12.1. The zero-order valence-electron chi connectivity index (χ0n) is 12.1. The van der Waals surface area contributed by atoms with Crippen LogP contribution in [0.1, 0.15) is 52.9 Å². The first-order valence-electron chi connectivity index (χ1n) is 7.06. The Labute approximate surface area is 113 Å². The molecule has 0 saturated heterocycles. The molecule has 0 heterocycles. The first-order chi connectivity index (χ1) is 8.58. The van der Waals surface area contributed by atoms with Gasteiger partial charge in [-0.2, -0.15) is 13.2 Å². The number of alkyl halides is 3. The van der Waals surface area contributed by atoms with Gasteiger partial charge < -0.3 is 10.4 Å². The minimum Gasteiger partial charge on any atom is -0.392 e. The maximum Gasteiger partial charge on any atom is 0.391 e. The monoisotopic (exact) mass is 281 g/mol. The molecule has 5 heteroatoms. The van der Waals surface area contributed by atoms with Gasteiger partial charge in [0.25, 0.3) is 0 Å². The number of aliphatic hydroxyl groups is 1. The van der Waals surface area contributed by atoms with E-state index in [-0.39, 0.29) is 24.3 Å². The SMILES string of the molecule is CC(C)(C)CC(O)CNC1CCC(C(F)(F)F)CC1. The van der Waals surface area contributed by atoms with Crippen LogP contribution in [0.25, 0.3) is 0 Å². The molecule has 0 bridgehead atoms. The molecule has 19 heavy (non-hydrogen) atoms. The Kier molecular flexibility index (Phi) is 5.68. The summed E-state index contributed by atoms with van der Waals surface area (Å²) in [5, 5.41) is 13.1. The summed E-state index contributed by atoms with van der Waals surface area (Å²) in [6.45, 7) is 6.65. The first-order valence-corrected chi connectivity index (χ1v) is 7.06. The second kappa shape index (κ2) is 6.44. The van der Waals surface area contributed by atoms with E-state index in [0.717, 1.165) is 0 Å². The van der Waals surface area contributed by atoms with Crippen LogP contribution in [0.3, 0.4) is 0 Å². The molecule has 1 fully saturated rings. The van der Waals surface area contributed by atoms with Crippen molar-refractivity contribution in [3.63, 3.8) is 0 Å². The predicted molar refractivity (Wildman–Crippen MR) is 69.9 cm³/mol. The number of hydrogen-bond acceptors (Lipinski definition) is 2. The Morgan fingerprint density at radius 2 is 1.63 bits per heavy atom. The van der Waals surface area contributed by atoms with Gasteiger partial charge in [0.2, 0.25) is 0 Å². The number of aliphatic hydroxyl groups excluding tert-OH is 1. The summed E-state index contributed by atoms with van der Waals surface area (Å²) in [5.74, 6) is -1.13. The normalized spacial score (nSPS) is 27.3. The van der Waals surface area contributed by atoms with Crippen molar-refractivity contribution >= 4 is 0 Å². The number of halogens is 3. The standard InChI is InChI=1S/C14H26F3NO/c1-13(2,3)8-12(19)9-18-11-6-4-10(5-7-11)14(15,16)17/h10-12,18-19H,4-9H2,1-3H3. The molecule has 0 radical (unpaired) electrons. The molecule has 2 N–H and O–H groups in total. The van der Waals surface area contributed by atoms with Gasteiger partial charge in [-0.25, -0.2) is 0 Å². The molecule has 0 aromatic heterocycles.